The van der Waals surface area contributed by atoms with Crippen molar-refractivity contribution in [1.29, 1.82) is 0 Å². The predicted octanol–water partition coefficient (Wildman–Crippen LogP) is 2.99. The van der Waals surface area contributed by atoms with Crippen molar-refractivity contribution in [2.75, 3.05) is 29.9 Å². The summed E-state index contributed by atoms with van der Waals surface area (Å²) in [5.74, 6) is 1.56. The van der Waals surface area contributed by atoms with Gasteiger partial charge in [0.15, 0.2) is 0 Å². The van der Waals surface area contributed by atoms with Gasteiger partial charge in [0, 0.05) is 25.7 Å². The molecule has 0 bridgehead atoms. The minimum absolute atomic E-state index is 0.0814. The molecule has 1 aromatic rings. The second kappa shape index (κ2) is 9.62. The molecule has 7 nitrogen and oxygen atoms in total. The highest BCUT2D eigenvalue weighted by Gasteiger charge is 2.26. The van der Waals surface area contributed by atoms with Gasteiger partial charge in [0.1, 0.15) is 5.82 Å². The minimum atomic E-state index is -3.18. The maximum atomic E-state index is 12.0. The maximum absolute atomic E-state index is 12.0. The lowest BCUT2D eigenvalue weighted by atomic mass is 9.86. The van der Waals surface area contributed by atoms with E-state index in [1.54, 1.807) is 13.8 Å². The van der Waals surface area contributed by atoms with Gasteiger partial charge in [-0.15, -0.1) is 0 Å². The first kappa shape index (κ1) is 22.3. The number of rotatable bonds is 7. The molecule has 0 spiro atoms. The van der Waals surface area contributed by atoms with Gasteiger partial charge in [-0.3, -0.25) is 0 Å². The Morgan fingerprint density at radius 1 is 1.14 bits per heavy atom. The summed E-state index contributed by atoms with van der Waals surface area (Å²) < 4.78 is 32.7. The molecule has 0 aromatic carbocycles. The fourth-order valence-electron chi connectivity index (χ4n) is 4.16. The molecule has 2 fully saturated rings. The number of hydrogen-bond acceptors (Lipinski definition) is 6. The second-order valence-corrected chi connectivity index (χ2v) is 11.1. The highest BCUT2D eigenvalue weighted by atomic mass is 32.2. The predicted molar refractivity (Wildman–Crippen MR) is 118 cm³/mol. The Balaban J connectivity index is 1.43. The van der Waals surface area contributed by atoms with Crippen LogP contribution in [0.2, 0.25) is 0 Å². The van der Waals surface area contributed by atoms with Gasteiger partial charge >= 0.3 is 0 Å². The number of anilines is 2. The van der Waals surface area contributed by atoms with Crippen LogP contribution in [0.3, 0.4) is 0 Å². The summed E-state index contributed by atoms with van der Waals surface area (Å²) >= 11 is 0. The molecule has 3 rings (SSSR count). The van der Waals surface area contributed by atoms with E-state index in [4.69, 9.17) is 4.74 Å². The van der Waals surface area contributed by atoms with Crippen molar-refractivity contribution < 1.29 is 13.2 Å². The molecule has 1 aromatic heterocycles. The van der Waals surface area contributed by atoms with E-state index in [-0.39, 0.29) is 23.5 Å². The number of nitrogens with zero attached hydrogens (tertiary/aromatic N) is 2. The van der Waals surface area contributed by atoms with Crippen molar-refractivity contribution in [2.45, 2.75) is 76.9 Å². The smallest absolute Gasteiger partial charge is 0.214 e. The van der Waals surface area contributed by atoms with Crippen LogP contribution in [0.1, 0.15) is 53.4 Å². The summed E-state index contributed by atoms with van der Waals surface area (Å²) in [5, 5.41) is 3.13. The average molecular weight is 425 g/mol. The number of nitrogens with one attached hydrogen (secondary N) is 2. The standard InChI is InChI=1S/C21H36N4O3S/c1-15(2)29(26,27)24-19-7-5-18(6-8-19)11-22-20-9-10-21(23-12-20)25-13-16(3)28-17(4)14-25/h9-10,12,15-19,22,24H,5-8,11,13-14H2,1-4H3/t16-,17-,18-,19-/m1/s1. The molecule has 164 valence electrons. The van der Waals surface area contributed by atoms with Crippen molar-refractivity contribution in [3.63, 3.8) is 0 Å². The van der Waals surface area contributed by atoms with Crippen molar-refractivity contribution in [3.8, 4) is 0 Å². The van der Waals surface area contributed by atoms with Gasteiger partial charge in [0.2, 0.25) is 10.0 Å². The average Bonchev–Trinajstić information content (AvgIpc) is 2.67. The largest absolute Gasteiger partial charge is 0.384 e. The number of sulfonamides is 1. The van der Waals surface area contributed by atoms with Crippen LogP contribution in [-0.2, 0) is 14.8 Å². The Morgan fingerprint density at radius 2 is 1.79 bits per heavy atom. The molecule has 0 amide bonds. The molecule has 1 aliphatic carbocycles. The SMILES string of the molecule is CC(C)S(=O)(=O)N[C@H]1CC[C@H](CNc2ccc(N3C[C@@H](C)O[C@H](C)C3)nc2)CC1. The monoisotopic (exact) mass is 424 g/mol. The zero-order chi connectivity index (χ0) is 21.0. The van der Waals surface area contributed by atoms with Gasteiger partial charge in [0.25, 0.3) is 0 Å². The lowest BCUT2D eigenvalue weighted by Gasteiger charge is -2.36. The quantitative estimate of drug-likeness (QED) is 0.700. The van der Waals surface area contributed by atoms with Crippen LogP contribution in [0.15, 0.2) is 18.3 Å². The Morgan fingerprint density at radius 3 is 2.34 bits per heavy atom. The molecule has 2 aliphatic rings. The Hall–Kier alpha value is -1.38. The number of morpholine rings is 1. The molecular formula is C21H36N4O3S. The lowest BCUT2D eigenvalue weighted by molar-refractivity contribution is -0.00545. The van der Waals surface area contributed by atoms with Gasteiger partial charge in [-0.1, -0.05) is 0 Å². The number of pyridine rings is 1. The Labute approximate surface area is 175 Å². The van der Waals surface area contributed by atoms with Crippen LogP contribution in [0.4, 0.5) is 11.5 Å². The zero-order valence-electron chi connectivity index (χ0n) is 18.1. The molecule has 1 saturated heterocycles. The molecule has 29 heavy (non-hydrogen) atoms. The third kappa shape index (κ3) is 6.30. The first-order valence-electron chi connectivity index (χ1n) is 10.8. The van der Waals surface area contributed by atoms with E-state index in [1.165, 1.54) is 0 Å². The number of aromatic nitrogens is 1. The fourth-order valence-corrected chi connectivity index (χ4v) is 5.13. The maximum Gasteiger partial charge on any atom is 0.214 e. The van der Waals surface area contributed by atoms with Gasteiger partial charge in [-0.05, 0) is 71.4 Å². The summed E-state index contributed by atoms with van der Waals surface area (Å²) in [6.45, 7) is 10.3. The molecule has 2 heterocycles. The second-order valence-electron chi connectivity index (χ2n) is 8.88. The molecule has 2 atom stereocenters. The van der Waals surface area contributed by atoms with E-state index >= 15 is 0 Å². The summed E-state index contributed by atoms with van der Waals surface area (Å²) in [6.07, 6.45) is 6.23. The van der Waals surface area contributed by atoms with Crippen LogP contribution >= 0.6 is 0 Å². The number of ether oxygens (including phenoxy) is 1. The summed E-state index contributed by atoms with van der Waals surface area (Å²) in [5.41, 5.74) is 1.03. The minimum Gasteiger partial charge on any atom is -0.384 e. The van der Waals surface area contributed by atoms with E-state index in [9.17, 15) is 8.42 Å². The first-order chi connectivity index (χ1) is 13.7. The number of hydrogen-bond donors (Lipinski definition) is 2. The van der Waals surface area contributed by atoms with Crippen LogP contribution < -0.4 is 14.9 Å². The van der Waals surface area contributed by atoms with Gasteiger partial charge in [0.05, 0.1) is 29.3 Å². The Kier molecular flexibility index (Phi) is 7.40. The highest BCUT2D eigenvalue weighted by Crippen LogP contribution is 2.26. The van der Waals surface area contributed by atoms with Crippen molar-refractivity contribution >= 4 is 21.5 Å². The van der Waals surface area contributed by atoms with Crippen LogP contribution in [0, 0.1) is 5.92 Å². The molecular weight excluding hydrogens is 388 g/mol. The van der Waals surface area contributed by atoms with E-state index in [2.05, 4.69) is 45.9 Å². The summed E-state index contributed by atoms with van der Waals surface area (Å²) in [7, 11) is -3.18. The van der Waals surface area contributed by atoms with Gasteiger partial charge < -0.3 is 15.0 Å². The van der Waals surface area contributed by atoms with Crippen molar-refractivity contribution in [1.82, 2.24) is 9.71 Å². The lowest BCUT2D eigenvalue weighted by Crippen LogP contribution is -2.45. The van der Waals surface area contributed by atoms with Crippen LogP contribution in [0.5, 0.6) is 0 Å². The highest BCUT2D eigenvalue weighted by molar-refractivity contribution is 7.90. The molecule has 8 heteroatoms. The van der Waals surface area contributed by atoms with E-state index < -0.39 is 10.0 Å². The molecule has 1 saturated carbocycles. The third-order valence-electron chi connectivity index (χ3n) is 5.88. The fraction of sp³-hybridized carbons (Fsp3) is 0.762. The first-order valence-corrected chi connectivity index (χ1v) is 12.4. The van der Waals surface area contributed by atoms with Crippen molar-refractivity contribution in [2.24, 2.45) is 5.92 Å². The van der Waals surface area contributed by atoms with Crippen LogP contribution in [0.25, 0.3) is 0 Å². The molecule has 0 radical (unpaired) electrons. The molecule has 0 unspecified atom stereocenters. The summed E-state index contributed by atoms with van der Waals surface area (Å²) in [4.78, 5) is 6.91. The van der Waals surface area contributed by atoms with E-state index in [1.807, 2.05) is 6.20 Å². The summed E-state index contributed by atoms with van der Waals surface area (Å²) in [6, 6.07) is 4.25. The van der Waals surface area contributed by atoms with Gasteiger partial charge in [-0.2, -0.15) is 0 Å². The third-order valence-corrected chi connectivity index (χ3v) is 7.79. The zero-order valence-corrected chi connectivity index (χ0v) is 18.9. The topological polar surface area (TPSA) is 83.6 Å². The molecule has 1 aliphatic heterocycles. The molecule has 2 N–H and O–H groups in total. The van der Waals surface area contributed by atoms with Crippen molar-refractivity contribution in [3.05, 3.63) is 18.3 Å². The van der Waals surface area contributed by atoms with Gasteiger partial charge in [-0.25, -0.2) is 18.1 Å². The normalized spacial score (nSPS) is 28.5. The van der Waals surface area contributed by atoms with Crippen LogP contribution in [-0.4, -0.2) is 56.5 Å². The Bertz CT molecular complexity index is 736. The van der Waals surface area contributed by atoms with E-state index in [0.717, 1.165) is 56.8 Å². The van der Waals surface area contributed by atoms with E-state index in [0.29, 0.717) is 5.92 Å².